The molecule has 0 aromatic carbocycles. The molecule has 1 heterocycles. The van der Waals surface area contributed by atoms with Gasteiger partial charge in [-0.1, -0.05) is 5.06 Å². The Bertz CT molecular complexity index is 278. The van der Waals surface area contributed by atoms with Gasteiger partial charge in [-0.15, -0.1) is 0 Å². The largest absolute Gasteiger partial charge is 0.468 e. The van der Waals surface area contributed by atoms with Crippen molar-refractivity contribution in [2.45, 2.75) is 12.8 Å². The first-order valence-electron chi connectivity index (χ1n) is 4.32. The van der Waals surface area contributed by atoms with Crippen molar-refractivity contribution in [1.82, 2.24) is 10.4 Å². The average Bonchev–Trinajstić information content (AvgIpc) is 2.43. The molecule has 1 rings (SSSR count). The van der Waals surface area contributed by atoms with Crippen LogP contribution in [0.4, 0.5) is 0 Å². The topological polar surface area (TPSA) is 61.6 Å². The third-order valence-corrected chi connectivity index (χ3v) is 1.80. The Labute approximate surface area is 82.1 Å². The van der Waals surface area contributed by atoms with Crippen LogP contribution in [0.15, 0.2) is 0 Å². The first-order chi connectivity index (χ1) is 6.56. The molecule has 6 nitrogen and oxygen atoms in total. The second-order valence-corrected chi connectivity index (χ2v) is 3.12. The molecule has 2 amide bonds. The Balaban J connectivity index is 2.72. The number of carbonyl (C=O) groups is 2. The van der Waals surface area contributed by atoms with Crippen LogP contribution in [-0.2, 0) is 14.4 Å². The molecule has 78 valence electrons. The van der Waals surface area contributed by atoms with Crippen LogP contribution in [0.5, 0.6) is 0 Å². The molecule has 14 heavy (non-hydrogen) atoms. The van der Waals surface area contributed by atoms with Crippen molar-refractivity contribution in [1.29, 1.82) is 0 Å². The number of imide groups is 1. The maximum Gasteiger partial charge on any atom is 0.468 e. The molecule has 0 aromatic rings. The van der Waals surface area contributed by atoms with Gasteiger partial charge in [-0.25, -0.2) is 9.89 Å². The van der Waals surface area contributed by atoms with Crippen molar-refractivity contribution in [3.8, 4) is 0 Å². The van der Waals surface area contributed by atoms with Gasteiger partial charge in [0.15, 0.2) is 0 Å². The number of nitrogens with one attached hydrogen (secondary N) is 1. The highest BCUT2D eigenvalue weighted by Crippen LogP contribution is 2.11. The maximum absolute atomic E-state index is 11.2. The lowest BCUT2D eigenvalue weighted by atomic mass is 10.4. The predicted molar refractivity (Wildman–Crippen MR) is 48.3 cm³/mol. The molecule has 1 aliphatic heterocycles. The van der Waals surface area contributed by atoms with Crippen LogP contribution in [0.3, 0.4) is 0 Å². The van der Waals surface area contributed by atoms with Crippen molar-refractivity contribution < 1.29 is 19.0 Å². The lowest BCUT2D eigenvalue weighted by Gasteiger charge is -2.12. The number of hydrogen-bond donors (Lipinski definition) is 1. The Morgan fingerprint density at radius 2 is 1.86 bits per heavy atom. The van der Waals surface area contributed by atoms with Gasteiger partial charge in [0.25, 0.3) is 11.8 Å². The molecule has 1 fully saturated rings. The summed E-state index contributed by atoms with van der Waals surface area (Å²) in [6.07, 6.45) is 0.451. The molecule has 0 aliphatic carbocycles. The van der Waals surface area contributed by atoms with Gasteiger partial charge in [0.2, 0.25) is 0 Å². The first-order valence-corrected chi connectivity index (χ1v) is 4.32. The van der Waals surface area contributed by atoms with Crippen molar-refractivity contribution in [2.24, 2.45) is 0 Å². The normalized spacial score (nSPS) is 15.8. The lowest BCUT2D eigenvalue weighted by molar-refractivity contribution is -0.480. The highest BCUT2D eigenvalue weighted by Gasteiger charge is 2.33. The van der Waals surface area contributed by atoms with Crippen molar-refractivity contribution in [3.05, 3.63) is 0 Å². The smallest absolute Gasteiger partial charge is 0.292 e. The Morgan fingerprint density at radius 1 is 1.36 bits per heavy atom. The third kappa shape index (κ3) is 2.01. The predicted octanol–water partition coefficient (Wildman–Crippen LogP) is -1.09. The van der Waals surface area contributed by atoms with Crippen LogP contribution in [0, 0.1) is 0 Å². The monoisotopic (exact) mass is 200 g/mol. The molecule has 6 heteroatoms. The van der Waals surface area contributed by atoms with E-state index in [4.69, 9.17) is 4.84 Å². The van der Waals surface area contributed by atoms with Gasteiger partial charge in [-0.05, 0) is 0 Å². The quantitative estimate of drug-likeness (QED) is 0.253. The van der Waals surface area contributed by atoms with Crippen LogP contribution >= 0.6 is 0 Å². The van der Waals surface area contributed by atoms with Crippen LogP contribution in [0.25, 0.3) is 0 Å². The Morgan fingerprint density at radius 3 is 2.21 bits per heavy atom. The van der Waals surface area contributed by atoms with Crippen LogP contribution in [0.1, 0.15) is 12.8 Å². The van der Waals surface area contributed by atoms with E-state index in [1.165, 1.54) is 0 Å². The van der Waals surface area contributed by atoms with E-state index in [1.807, 2.05) is 0 Å². The van der Waals surface area contributed by atoms with E-state index in [2.05, 4.69) is 5.32 Å². The van der Waals surface area contributed by atoms with E-state index in [-0.39, 0.29) is 24.7 Å². The van der Waals surface area contributed by atoms with Gasteiger partial charge in [-0.3, -0.25) is 14.4 Å². The minimum Gasteiger partial charge on any atom is -0.292 e. The minimum atomic E-state index is -0.301. The van der Waals surface area contributed by atoms with E-state index in [1.54, 1.807) is 25.7 Å². The van der Waals surface area contributed by atoms with Crippen LogP contribution in [-0.4, -0.2) is 48.6 Å². The summed E-state index contributed by atoms with van der Waals surface area (Å²) in [7, 11) is 5.15. The SMILES string of the molecule is CNC(ON1C(=O)CCC1=O)=[N+](C)C. The number of rotatable bonds is 1. The van der Waals surface area contributed by atoms with E-state index >= 15 is 0 Å². The Kier molecular flexibility index (Phi) is 3.06. The first kappa shape index (κ1) is 10.5. The third-order valence-electron chi connectivity index (χ3n) is 1.80. The summed E-state index contributed by atoms with van der Waals surface area (Å²) < 4.78 is 1.64. The fraction of sp³-hybridized carbons (Fsp3) is 0.625. The second kappa shape index (κ2) is 4.08. The number of carbonyl (C=O) groups excluding carboxylic acids is 2. The van der Waals surface area contributed by atoms with Gasteiger partial charge in [0.1, 0.15) is 0 Å². The fourth-order valence-electron chi connectivity index (χ4n) is 1.10. The summed E-state index contributed by atoms with van der Waals surface area (Å²) in [5, 5.41) is 3.54. The summed E-state index contributed by atoms with van der Waals surface area (Å²) in [6.45, 7) is 0. The van der Waals surface area contributed by atoms with Gasteiger partial charge in [-0.2, -0.15) is 0 Å². The van der Waals surface area contributed by atoms with Crippen molar-refractivity contribution in [3.63, 3.8) is 0 Å². The molecule has 1 saturated heterocycles. The molecule has 0 aromatic heterocycles. The molecule has 0 atom stereocenters. The molecule has 0 radical (unpaired) electrons. The van der Waals surface area contributed by atoms with Gasteiger partial charge in [0, 0.05) is 12.8 Å². The summed E-state index contributed by atoms with van der Waals surface area (Å²) in [5.74, 6) is -0.603. The van der Waals surface area contributed by atoms with Gasteiger partial charge >= 0.3 is 6.02 Å². The van der Waals surface area contributed by atoms with Gasteiger partial charge < -0.3 is 0 Å². The molecule has 1 aliphatic rings. The number of amidine groups is 1. The molecule has 1 N–H and O–H groups in total. The van der Waals surface area contributed by atoms with E-state index in [9.17, 15) is 9.59 Å². The minimum absolute atomic E-state index is 0.225. The molecule has 0 spiro atoms. The second-order valence-electron chi connectivity index (χ2n) is 3.12. The van der Waals surface area contributed by atoms with Crippen molar-refractivity contribution >= 4 is 17.8 Å². The Hall–Kier alpha value is -1.59. The van der Waals surface area contributed by atoms with Crippen molar-refractivity contribution in [2.75, 3.05) is 21.1 Å². The van der Waals surface area contributed by atoms with Crippen LogP contribution in [0.2, 0.25) is 0 Å². The summed E-state index contributed by atoms with van der Waals surface area (Å²) >= 11 is 0. The zero-order chi connectivity index (χ0) is 10.7. The molecule has 0 bridgehead atoms. The number of nitrogens with zero attached hydrogens (tertiary/aromatic N) is 2. The fourth-order valence-corrected chi connectivity index (χ4v) is 1.10. The molecular formula is C8H14N3O3+. The highest BCUT2D eigenvalue weighted by molar-refractivity contribution is 6.01. The number of hydroxylamine groups is 2. The zero-order valence-electron chi connectivity index (χ0n) is 8.53. The number of hydrogen-bond acceptors (Lipinski definition) is 3. The maximum atomic E-state index is 11.2. The molecular weight excluding hydrogens is 186 g/mol. The average molecular weight is 200 g/mol. The summed E-state index contributed by atoms with van der Waals surface area (Å²) in [4.78, 5) is 27.5. The highest BCUT2D eigenvalue weighted by atomic mass is 16.7. The van der Waals surface area contributed by atoms with E-state index < -0.39 is 0 Å². The summed E-state index contributed by atoms with van der Waals surface area (Å²) in [5.41, 5.74) is 0. The van der Waals surface area contributed by atoms with Gasteiger partial charge in [0.05, 0.1) is 21.1 Å². The molecule has 0 unspecified atom stereocenters. The molecule has 0 saturated carbocycles. The zero-order valence-corrected chi connectivity index (χ0v) is 8.53. The van der Waals surface area contributed by atoms with E-state index in [0.717, 1.165) is 5.06 Å². The van der Waals surface area contributed by atoms with E-state index in [0.29, 0.717) is 6.02 Å². The number of amides is 2. The lowest BCUT2D eigenvalue weighted by Crippen LogP contribution is -2.40. The summed E-state index contributed by atoms with van der Waals surface area (Å²) in [6, 6.07) is 0.355. The standard InChI is InChI=1S/C8H13N3O3/c1-9-8(10(2)3)14-11-6(12)4-5-7(11)13/h4-5H2,1-3H3/p+1. The van der Waals surface area contributed by atoms with Crippen LogP contribution < -0.4 is 5.32 Å².